The van der Waals surface area contributed by atoms with Gasteiger partial charge in [-0.2, -0.15) is 0 Å². The maximum atomic E-state index is 12.4. The second-order valence-electron chi connectivity index (χ2n) is 5.79. The fraction of sp³-hybridized carbons (Fsp3) is 0.625. The summed E-state index contributed by atoms with van der Waals surface area (Å²) in [6.45, 7) is 4.41. The van der Waals surface area contributed by atoms with E-state index in [9.17, 15) is 9.59 Å². The monoisotopic (exact) mass is 276 g/mol. The molecular weight excluding hydrogens is 256 g/mol. The number of carbonyl (C=O) groups is 2. The van der Waals surface area contributed by atoms with Crippen molar-refractivity contribution in [2.75, 3.05) is 13.2 Å². The Morgan fingerprint density at radius 3 is 2.75 bits per heavy atom. The van der Waals surface area contributed by atoms with Gasteiger partial charge in [0.1, 0.15) is 0 Å². The molecule has 0 heterocycles. The summed E-state index contributed by atoms with van der Waals surface area (Å²) in [5.41, 5.74) is 0.184. The molecule has 2 bridgehead atoms. The Morgan fingerprint density at radius 1 is 1.30 bits per heavy atom. The zero-order valence-electron chi connectivity index (χ0n) is 11.9. The first-order valence-electron chi connectivity index (χ1n) is 7.36. The summed E-state index contributed by atoms with van der Waals surface area (Å²) in [5, 5.41) is 0. The smallest absolute Gasteiger partial charge is 0.333 e. The predicted octanol–water partition coefficient (Wildman–Crippen LogP) is 2.25. The SMILES string of the molecule is CCOC(=O)C1=CC2C(C1)C1C=CC2(C(=O)OCC)C1. The number of hydrogen-bond donors (Lipinski definition) is 0. The molecule has 0 aromatic heterocycles. The lowest BCUT2D eigenvalue weighted by Gasteiger charge is -2.29. The molecule has 0 spiro atoms. The number of hydrogen-bond acceptors (Lipinski definition) is 4. The normalized spacial score (nSPS) is 36.7. The van der Waals surface area contributed by atoms with Crippen LogP contribution in [0.15, 0.2) is 23.8 Å². The molecule has 4 nitrogen and oxygen atoms in total. The van der Waals surface area contributed by atoms with Gasteiger partial charge < -0.3 is 9.47 Å². The summed E-state index contributed by atoms with van der Waals surface area (Å²) in [7, 11) is 0. The van der Waals surface area contributed by atoms with Gasteiger partial charge in [0.2, 0.25) is 0 Å². The van der Waals surface area contributed by atoms with Crippen LogP contribution in [0, 0.1) is 23.2 Å². The molecule has 0 aromatic rings. The first kappa shape index (κ1) is 13.4. The third-order valence-corrected chi connectivity index (χ3v) is 4.85. The van der Waals surface area contributed by atoms with E-state index in [0.717, 1.165) is 18.4 Å². The molecule has 3 aliphatic rings. The van der Waals surface area contributed by atoms with Gasteiger partial charge in [-0.05, 0) is 38.5 Å². The van der Waals surface area contributed by atoms with E-state index in [4.69, 9.17) is 9.47 Å². The number of allylic oxidation sites excluding steroid dienone is 2. The lowest BCUT2D eigenvalue weighted by Crippen LogP contribution is -2.34. The van der Waals surface area contributed by atoms with Crippen LogP contribution in [0.4, 0.5) is 0 Å². The Kier molecular flexibility index (Phi) is 3.19. The van der Waals surface area contributed by atoms with Gasteiger partial charge in [-0.1, -0.05) is 18.2 Å². The second kappa shape index (κ2) is 4.76. The van der Waals surface area contributed by atoms with Gasteiger partial charge in [-0.25, -0.2) is 4.79 Å². The van der Waals surface area contributed by atoms with E-state index >= 15 is 0 Å². The maximum Gasteiger partial charge on any atom is 0.333 e. The fourth-order valence-electron chi connectivity index (χ4n) is 4.03. The molecule has 3 rings (SSSR count). The minimum Gasteiger partial charge on any atom is -0.465 e. The number of carbonyl (C=O) groups excluding carboxylic acids is 2. The lowest BCUT2D eigenvalue weighted by molar-refractivity contribution is -0.153. The Hall–Kier alpha value is -1.58. The van der Waals surface area contributed by atoms with Gasteiger partial charge in [0.05, 0.1) is 18.6 Å². The zero-order chi connectivity index (χ0) is 14.3. The van der Waals surface area contributed by atoms with Gasteiger partial charge in [-0.15, -0.1) is 0 Å². The summed E-state index contributed by atoms with van der Waals surface area (Å²) in [6, 6.07) is 0. The average Bonchev–Trinajstić information content (AvgIpc) is 3.10. The van der Waals surface area contributed by atoms with Gasteiger partial charge in [-0.3, -0.25) is 4.79 Å². The summed E-state index contributed by atoms with van der Waals surface area (Å²) >= 11 is 0. The van der Waals surface area contributed by atoms with Crippen molar-refractivity contribution in [1.29, 1.82) is 0 Å². The highest BCUT2D eigenvalue weighted by Crippen LogP contribution is 2.62. The van der Waals surface area contributed by atoms with E-state index in [1.54, 1.807) is 6.92 Å². The van der Waals surface area contributed by atoms with Crippen LogP contribution >= 0.6 is 0 Å². The van der Waals surface area contributed by atoms with E-state index in [1.807, 2.05) is 19.1 Å². The highest BCUT2D eigenvalue weighted by atomic mass is 16.5. The third kappa shape index (κ3) is 1.74. The first-order chi connectivity index (χ1) is 9.62. The molecule has 1 saturated carbocycles. The largest absolute Gasteiger partial charge is 0.465 e. The molecule has 0 radical (unpaired) electrons. The van der Waals surface area contributed by atoms with Crippen molar-refractivity contribution in [2.24, 2.45) is 23.2 Å². The average molecular weight is 276 g/mol. The van der Waals surface area contributed by atoms with Crippen molar-refractivity contribution >= 4 is 11.9 Å². The molecular formula is C16H20O4. The quantitative estimate of drug-likeness (QED) is 0.584. The van der Waals surface area contributed by atoms with E-state index in [0.29, 0.717) is 25.0 Å². The molecule has 4 unspecified atom stereocenters. The van der Waals surface area contributed by atoms with Crippen molar-refractivity contribution in [3.8, 4) is 0 Å². The van der Waals surface area contributed by atoms with Gasteiger partial charge in [0.15, 0.2) is 0 Å². The van der Waals surface area contributed by atoms with Gasteiger partial charge in [0.25, 0.3) is 0 Å². The minimum atomic E-state index is -0.542. The highest BCUT2D eigenvalue weighted by molar-refractivity contribution is 5.90. The molecule has 20 heavy (non-hydrogen) atoms. The number of rotatable bonds is 4. The summed E-state index contributed by atoms with van der Waals surface area (Å²) in [4.78, 5) is 24.2. The first-order valence-corrected chi connectivity index (χ1v) is 7.36. The van der Waals surface area contributed by atoms with Crippen molar-refractivity contribution in [3.63, 3.8) is 0 Å². The van der Waals surface area contributed by atoms with E-state index in [-0.39, 0.29) is 17.9 Å². The van der Waals surface area contributed by atoms with Crippen LogP contribution in [-0.2, 0) is 19.1 Å². The molecule has 108 valence electrons. The molecule has 0 amide bonds. The van der Waals surface area contributed by atoms with Crippen molar-refractivity contribution in [2.45, 2.75) is 26.7 Å². The molecule has 4 atom stereocenters. The fourth-order valence-corrected chi connectivity index (χ4v) is 4.03. The topological polar surface area (TPSA) is 52.6 Å². The molecule has 0 saturated heterocycles. The van der Waals surface area contributed by atoms with Crippen molar-refractivity contribution in [3.05, 3.63) is 23.8 Å². The Bertz CT molecular complexity index is 505. The van der Waals surface area contributed by atoms with Crippen LogP contribution in [-0.4, -0.2) is 25.2 Å². The van der Waals surface area contributed by atoms with Crippen LogP contribution in [0.1, 0.15) is 26.7 Å². The minimum absolute atomic E-state index is 0.0935. The maximum absolute atomic E-state index is 12.4. The van der Waals surface area contributed by atoms with Crippen LogP contribution in [0.5, 0.6) is 0 Å². The number of fused-ring (bicyclic) bond motifs is 5. The molecule has 0 N–H and O–H groups in total. The standard InChI is InChI=1S/C16H20O4/c1-3-19-14(17)11-7-12-10-5-6-16(9-10,13(12)8-11)15(18)20-4-2/h5-6,8,10,12-13H,3-4,7,9H2,1-2H3. The van der Waals surface area contributed by atoms with Crippen molar-refractivity contribution in [1.82, 2.24) is 0 Å². The molecule has 1 fully saturated rings. The van der Waals surface area contributed by atoms with Crippen LogP contribution < -0.4 is 0 Å². The van der Waals surface area contributed by atoms with E-state index in [1.165, 1.54) is 0 Å². The van der Waals surface area contributed by atoms with Crippen LogP contribution in [0.3, 0.4) is 0 Å². The zero-order valence-corrected chi connectivity index (χ0v) is 11.9. The van der Waals surface area contributed by atoms with Gasteiger partial charge >= 0.3 is 11.9 Å². The predicted molar refractivity (Wildman–Crippen MR) is 72.6 cm³/mol. The Morgan fingerprint density at radius 2 is 2.05 bits per heavy atom. The molecule has 0 aromatic carbocycles. The van der Waals surface area contributed by atoms with E-state index < -0.39 is 5.41 Å². The van der Waals surface area contributed by atoms with Crippen LogP contribution in [0.2, 0.25) is 0 Å². The molecule has 3 aliphatic carbocycles. The Labute approximate surface area is 118 Å². The third-order valence-electron chi connectivity index (χ3n) is 4.85. The van der Waals surface area contributed by atoms with E-state index in [2.05, 4.69) is 6.08 Å². The molecule has 0 aliphatic heterocycles. The van der Waals surface area contributed by atoms with Crippen LogP contribution in [0.25, 0.3) is 0 Å². The van der Waals surface area contributed by atoms with Gasteiger partial charge in [0, 0.05) is 11.5 Å². The summed E-state index contributed by atoms with van der Waals surface area (Å²) < 4.78 is 10.3. The number of esters is 2. The summed E-state index contributed by atoms with van der Waals surface area (Å²) in [5.74, 6) is 0.445. The van der Waals surface area contributed by atoms with Crippen molar-refractivity contribution < 1.29 is 19.1 Å². The Balaban J connectivity index is 1.86. The summed E-state index contributed by atoms with van der Waals surface area (Å²) in [6.07, 6.45) is 7.64. The molecule has 4 heteroatoms. The highest BCUT2D eigenvalue weighted by Gasteiger charge is 2.61. The second-order valence-corrected chi connectivity index (χ2v) is 5.79. The number of ether oxygens (including phenoxy) is 2. The lowest BCUT2D eigenvalue weighted by atomic mass is 9.75.